The van der Waals surface area contributed by atoms with Gasteiger partial charge in [-0.25, -0.2) is 0 Å². The lowest BCUT2D eigenvalue weighted by atomic mass is 10.0. The summed E-state index contributed by atoms with van der Waals surface area (Å²) in [5, 5.41) is 0. The summed E-state index contributed by atoms with van der Waals surface area (Å²) in [7, 11) is 0. The Bertz CT molecular complexity index is 342. The average molecular weight is 176 g/mol. The lowest BCUT2D eigenvalue weighted by molar-refractivity contribution is -0.135. The molecule has 0 saturated carbocycles. The maximum absolute atomic E-state index is 11.0. The molecule has 0 N–H and O–H groups in total. The summed E-state index contributed by atoms with van der Waals surface area (Å²) in [6.45, 7) is 2.09. The van der Waals surface area contributed by atoms with Gasteiger partial charge in [0.25, 0.3) is 0 Å². The van der Waals surface area contributed by atoms with Gasteiger partial charge in [0.2, 0.25) is 0 Å². The molecule has 2 rings (SSSR count). The van der Waals surface area contributed by atoms with E-state index in [1.807, 2.05) is 6.07 Å². The van der Waals surface area contributed by atoms with Crippen LogP contribution >= 0.6 is 0 Å². The third kappa shape index (κ3) is 1.57. The topological polar surface area (TPSA) is 26.3 Å². The largest absolute Gasteiger partial charge is 0.426 e. The molecule has 0 atom stereocenters. The second kappa shape index (κ2) is 3.21. The summed E-state index contributed by atoms with van der Waals surface area (Å²) >= 11 is 0. The van der Waals surface area contributed by atoms with Crippen LogP contribution in [0.25, 0.3) is 0 Å². The number of carbonyl (C=O) groups excluding carboxylic acids is 1. The Morgan fingerprint density at radius 1 is 1.38 bits per heavy atom. The zero-order valence-electron chi connectivity index (χ0n) is 7.67. The molecule has 2 heteroatoms. The van der Waals surface area contributed by atoms with Gasteiger partial charge in [-0.05, 0) is 30.0 Å². The highest BCUT2D eigenvalue weighted by Gasteiger charge is 2.16. The van der Waals surface area contributed by atoms with E-state index in [-0.39, 0.29) is 5.97 Å². The minimum absolute atomic E-state index is 0.110. The van der Waals surface area contributed by atoms with Gasteiger partial charge in [0.15, 0.2) is 0 Å². The summed E-state index contributed by atoms with van der Waals surface area (Å²) in [6.07, 6.45) is 2.31. The maximum atomic E-state index is 11.0. The van der Waals surface area contributed by atoms with E-state index in [4.69, 9.17) is 4.74 Å². The van der Waals surface area contributed by atoms with Crippen molar-refractivity contribution in [2.24, 2.45) is 0 Å². The van der Waals surface area contributed by atoms with Gasteiger partial charge >= 0.3 is 5.97 Å². The summed E-state index contributed by atoms with van der Waals surface area (Å²) in [6, 6.07) is 6.12. The monoisotopic (exact) mass is 176 g/mol. The SMILES string of the molecule is CCc1ccc2c(c1)OC(=O)CC2. The van der Waals surface area contributed by atoms with Gasteiger partial charge in [-0.3, -0.25) is 4.79 Å². The number of rotatable bonds is 1. The zero-order valence-corrected chi connectivity index (χ0v) is 7.67. The highest BCUT2D eigenvalue weighted by atomic mass is 16.5. The number of esters is 1. The smallest absolute Gasteiger partial charge is 0.311 e. The van der Waals surface area contributed by atoms with E-state index in [0.717, 1.165) is 24.2 Å². The van der Waals surface area contributed by atoms with Crippen molar-refractivity contribution >= 4 is 5.97 Å². The maximum Gasteiger partial charge on any atom is 0.311 e. The predicted molar refractivity (Wildman–Crippen MR) is 49.8 cm³/mol. The minimum Gasteiger partial charge on any atom is -0.426 e. The number of ether oxygens (including phenoxy) is 1. The summed E-state index contributed by atoms with van der Waals surface area (Å²) in [5.41, 5.74) is 2.37. The van der Waals surface area contributed by atoms with Gasteiger partial charge in [-0.1, -0.05) is 19.1 Å². The third-order valence-electron chi connectivity index (χ3n) is 2.36. The quantitative estimate of drug-likeness (QED) is 0.484. The Balaban J connectivity index is 2.38. The molecule has 0 aliphatic carbocycles. The predicted octanol–water partition coefficient (Wildman–Crippen LogP) is 2.10. The van der Waals surface area contributed by atoms with Crippen LogP contribution in [0.15, 0.2) is 18.2 Å². The lowest BCUT2D eigenvalue weighted by Crippen LogP contribution is -2.15. The lowest BCUT2D eigenvalue weighted by Gasteiger charge is -2.15. The first-order valence-corrected chi connectivity index (χ1v) is 4.62. The van der Waals surface area contributed by atoms with Gasteiger partial charge in [-0.15, -0.1) is 0 Å². The van der Waals surface area contributed by atoms with Crippen LogP contribution < -0.4 is 4.74 Å². The van der Waals surface area contributed by atoms with E-state index in [1.54, 1.807) is 0 Å². The van der Waals surface area contributed by atoms with E-state index in [2.05, 4.69) is 19.1 Å². The molecule has 0 radical (unpaired) electrons. The van der Waals surface area contributed by atoms with E-state index in [1.165, 1.54) is 5.56 Å². The van der Waals surface area contributed by atoms with Crippen molar-refractivity contribution in [3.05, 3.63) is 29.3 Å². The molecule has 0 spiro atoms. The molecule has 68 valence electrons. The van der Waals surface area contributed by atoms with Crippen LogP contribution in [0.3, 0.4) is 0 Å². The van der Waals surface area contributed by atoms with Crippen molar-refractivity contribution in [1.82, 2.24) is 0 Å². The second-order valence-corrected chi connectivity index (χ2v) is 3.27. The number of benzene rings is 1. The average Bonchev–Trinajstić information content (AvgIpc) is 2.16. The minimum atomic E-state index is -0.110. The van der Waals surface area contributed by atoms with Crippen LogP contribution in [-0.2, 0) is 17.6 Å². The fourth-order valence-electron chi connectivity index (χ4n) is 1.53. The molecule has 0 fully saturated rings. The van der Waals surface area contributed by atoms with Gasteiger partial charge in [0, 0.05) is 0 Å². The second-order valence-electron chi connectivity index (χ2n) is 3.27. The molecule has 0 unspecified atom stereocenters. The normalized spacial score (nSPS) is 15.0. The van der Waals surface area contributed by atoms with Gasteiger partial charge in [0.1, 0.15) is 5.75 Å². The fraction of sp³-hybridized carbons (Fsp3) is 0.364. The molecular formula is C11H12O2. The number of fused-ring (bicyclic) bond motifs is 1. The molecule has 1 aromatic carbocycles. The number of hydrogen-bond acceptors (Lipinski definition) is 2. The van der Waals surface area contributed by atoms with E-state index >= 15 is 0 Å². The fourth-order valence-corrected chi connectivity index (χ4v) is 1.53. The third-order valence-corrected chi connectivity index (χ3v) is 2.36. The molecule has 1 aliphatic heterocycles. The van der Waals surface area contributed by atoms with Crippen molar-refractivity contribution in [2.75, 3.05) is 0 Å². The first-order valence-electron chi connectivity index (χ1n) is 4.62. The Kier molecular flexibility index (Phi) is 2.05. The molecule has 1 heterocycles. The molecule has 13 heavy (non-hydrogen) atoms. The molecule has 2 nitrogen and oxygen atoms in total. The van der Waals surface area contributed by atoms with Crippen LogP contribution in [0.2, 0.25) is 0 Å². The molecule has 1 aromatic rings. The summed E-state index contributed by atoms with van der Waals surface area (Å²) in [5.74, 6) is 0.649. The van der Waals surface area contributed by atoms with Crippen molar-refractivity contribution < 1.29 is 9.53 Å². The molecular weight excluding hydrogens is 164 g/mol. The van der Waals surface area contributed by atoms with Crippen molar-refractivity contribution in [1.29, 1.82) is 0 Å². The standard InChI is InChI=1S/C11H12O2/c1-2-8-3-4-9-5-6-11(12)13-10(9)7-8/h3-4,7H,2,5-6H2,1H3. The van der Waals surface area contributed by atoms with Crippen molar-refractivity contribution in [3.8, 4) is 5.75 Å². The molecule has 0 aromatic heterocycles. The van der Waals surface area contributed by atoms with Crippen molar-refractivity contribution in [2.45, 2.75) is 26.2 Å². The van der Waals surface area contributed by atoms with Crippen LogP contribution in [0.1, 0.15) is 24.5 Å². The zero-order chi connectivity index (χ0) is 9.26. The molecule has 0 bridgehead atoms. The molecule has 0 amide bonds. The number of carbonyl (C=O) groups is 1. The van der Waals surface area contributed by atoms with E-state index < -0.39 is 0 Å². The van der Waals surface area contributed by atoms with Gasteiger partial charge in [-0.2, -0.15) is 0 Å². The van der Waals surface area contributed by atoms with Crippen LogP contribution in [0.5, 0.6) is 5.75 Å². The van der Waals surface area contributed by atoms with Gasteiger partial charge in [0.05, 0.1) is 6.42 Å². The Labute approximate surface area is 77.5 Å². The van der Waals surface area contributed by atoms with Gasteiger partial charge < -0.3 is 4.74 Å². The highest BCUT2D eigenvalue weighted by Crippen LogP contribution is 2.26. The highest BCUT2D eigenvalue weighted by molar-refractivity contribution is 5.75. The van der Waals surface area contributed by atoms with Crippen molar-refractivity contribution in [3.63, 3.8) is 0 Å². The summed E-state index contributed by atoms with van der Waals surface area (Å²) in [4.78, 5) is 11.0. The number of hydrogen-bond donors (Lipinski definition) is 0. The molecule has 0 saturated heterocycles. The van der Waals surface area contributed by atoms with Crippen LogP contribution in [-0.4, -0.2) is 5.97 Å². The van der Waals surface area contributed by atoms with E-state index in [9.17, 15) is 4.79 Å². The van der Waals surface area contributed by atoms with E-state index in [0.29, 0.717) is 6.42 Å². The number of aryl methyl sites for hydroxylation is 2. The first-order chi connectivity index (χ1) is 6.29. The summed E-state index contributed by atoms with van der Waals surface area (Å²) < 4.78 is 5.14. The van der Waals surface area contributed by atoms with Crippen LogP contribution in [0, 0.1) is 0 Å². The van der Waals surface area contributed by atoms with Crippen LogP contribution in [0.4, 0.5) is 0 Å². The molecule has 1 aliphatic rings. The Hall–Kier alpha value is -1.31. The Morgan fingerprint density at radius 3 is 3.00 bits per heavy atom. The first kappa shape index (κ1) is 8.30. The Morgan fingerprint density at radius 2 is 2.23 bits per heavy atom.